The number of aromatic nitrogens is 1. The lowest BCUT2D eigenvalue weighted by Crippen LogP contribution is -2.28. The molecule has 6 heteroatoms. The van der Waals surface area contributed by atoms with Crippen molar-refractivity contribution in [3.8, 4) is 11.3 Å². The number of benzene rings is 1. The Morgan fingerprint density at radius 3 is 2.77 bits per heavy atom. The minimum atomic E-state index is -0.463. The first kappa shape index (κ1) is 18.8. The summed E-state index contributed by atoms with van der Waals surface area (Å²) in [4.78, 5) is 14.0. The Morgan fingerprint density at radius 2 is 2.08 bits per heavy atom. The van der Waals surface area contributed by atoms with Gasteiger partial charge in [0.25, 0.3) is 0 Å². The monoisotopic (exact) mass is 374 g/mol. The molecule has 140 valence electrons. The van der Waals surface area contributed by atoms with Crippen molar-refractivity contribution in [3.05, 3.63) is 35.4 Å². The van der Waals surface area contributed by atoms with Crippen LogP contribution in [0.4, 0.5) is 5.88 Å². The normalized spacial score (nSPS) is 17.6. The Morgan fingerprint density at radius 1 is 1.31 bits per heavy atom. The van der Waals surface area contributed by atoms with Crippen LogP contribution < -0.4 is 4.90 Å². The molecule has 1 saturated heterocycles. The van der Waals surface area contributed by atoms with Crippen LogP contribution in [0.25, 0.3) is 11.3 Å². The summed E-state index contributed by atoms with van der Waals surface area (Å²) in [6.45, 7) is 11.0. The second kappa shape index (κ2) is 7.35. The van der Waals surface area contributed by atoms with Gasteiger partial charge in [-0.05, 0) is 51.8 Å². The Bertz CT molecular complexity index is 795. The van der Waals surface area contributed by atoms with Gasteiger partial charge in [0.1, 0.15) is 12.3 Å². The predicted molar refractivity (Wildman–Crippen MR) is 105 cm³/mol. The van der Waals surface area contributed by atoms with E-state index in [2.05, 4.69) is 42.1 Å². The van der Waals surface area contributed by atoms with Crippen molar-refractivity contribution in [2.75, 3.05) is 23.9 Å². The molecule has 1 aliphatic heterocycles. The summed E-state index contributed by atoms with van der Waals surface area (Å²) < 4.78 is 11.0. The van der Waals surface area contributed by atoms with Crippen LogP contribution in [-0.4, -0.2) is 35.4 Å². The molecule has 1 aliphatic rings. The molecule has 0 N–H and O–H groups in total. The molecule has 1 fully saturated rings. The van der Waals surface area contributed by atoms with Crippen LogP contribution in [0, 0.1) is 19.3 Å². The van der Waals surface area contributed by atoms with E-state index in [0.29, 0.717) is 6.61 Å². The Labute approximate surface area is 159 Å². The molecule has 0 amide bonds. The van der Waals surface area contributed by atoms with Gasteiger partial charge in [-0.15, -0.1) is 11.8 Å². The van der Waals surface area contributed by atoms with Crippen LogP contribution in [0.15, 0.2) is 28.8 Å². The van der Waals surface area contributed by atoms with Gasteiger partial charge in [-0.3, -0.25) is 4.79 Å². The van der Waals surface area contributed by atoms with Crippen LogP contribution in [0.1, 0.15) is 31.9 Å². The first-order valence-electron chi connectivity index (χ1n) is 8.82. The van der Waals surface area contributed by atoms with Crippen LogP contribution in [-0.2, 0) is 9.53 Å². The van der Waals surface area contributed by atoms with E-state index in [9.17, 15) is 4.79 Å². The smallest absolute Gasteiger partial charge is 0.311 e. The molecule has 1 atom stereocenters. The van der Waals surface area contributed by atoms with Gasteiger partial charge in [-0.1, -0.05) is 17.3 Å². The van der Waals surface area contributed by atoms with E-state index in [4.69, 9.17) is 9.26 Å². The van der Waals surface area contributed by atoms with E-state index in [0.717, 1.165) is 29.6 Å². The van der Waals surface area contributed by atoms with E-state index in [1.807, 2.05) is 26.8 Å². The largest absolute Gasteiger partial charge is 0.464 e. The molecule has 0 radical (unpaired) electrons. The van der Waals surface area contributed by atoms with Crippen LogP contribution in [0.2, 0.25) is 0 Å². The van der Waals surface area contributed by atoms with E-state index < -0.39 is 5.41 Å². The summed E-state index contributed by atoms with van der Waals surface area (Å²) >= 11 is 1.77. The molecule has 5 nitrogen and oxygen atoms in total. The van der Waals surface area contributed by atoms with Gasteiger partial charge in [-0.2, -0.15) is 0 Å². The molecule has 0 spiro atoms. The van der Waals surface area contributed by atoms with Crippen molar-refractivity contribution in [1.82, 2.24) is 5.16 Å². The summed E-state index contributed by atoms with van der Waals surface area (Å²) in [7, 11) is 0. The molecule has 2 aromatic rings. The fraction of sp³-hybridized carbons (Fsp3) is 0.500. The molecule has 1 aromatic heterocycles. The molecule has 0 bridgehead atoms. The average Bonchev–Trinajstić information content (AvgIpc) is 3.23. The minimum Gasteiger partial charge on any atom is -0.464 e. The van der Waals surface area contributed by atoms with Gasteiger partial charge in [0.15, 0.2) is 0 Å². The quantitative estimate of drug-likeness (QED) is 0.738. The highest BCUT2D eigenvalue weighted by Gasteiger charge is 2.29. The lowest BCUT2D eigenvalue weighted by Gasteiger charge is -2.18. The standard InChI is InChI=1S/C20H26N2O3S/c1-13-6-7-15(8-14(13)2)17-9-18(25-21-17)22-10-16(26-12-22)11-24-19(23)20(3,4)5/h6-9,16H,10-12H2,1-5H3. The topological polar surface area (TPSA) is 55.6 Å². The second-order valence-electron chi connectivity index (χ2n) is 7.84. The lowest BCUT2D eigenvalue weighted by atomic mass is 9.97. The average molecular weight is 375 g/mol. The highest BCUT2D eigenvalue weighted by molar-refractivity contribution is 8.00. The predicted octanol–water partition coefficient (Wildman–Crippen LogP) is 4.43. The first-order valence-corrected chi connectivity index (χ1v) is 9.87. The Balaban J connectivity index is 1.60. The summed E-state index contributed by atoms with van der Waals surface area (Å²) in [5, 5.41) is 4.47. The minimum absolute atomic E-state index is 0.159. The number of thioether (sulfide) groups is 1. The number of nitrogens with zero attached hydrogens (tertiary/aromatic N) is 2. The van der Waals surface area contributed by atoms with E-state index in [1.54, 1.807) is 11.8 Å². The maximum absolute atomic E-state index is 11.9. The van der Waals surface area contributed by atoms with Crippen molar-refractivity contribution in [2.45, 2.75) is 39.9 Å². The van der Waals surface area contributed by atoms with E-state index >= 15 is 0 Å². The third-order valence-electron chi connectivity index (χ3n) is 4.51. The highest BCUT2D eigenvalue weighted by atomic mass is 32.2. The van der Waals surface area contributed by atoms with Crippen molar-refractivity contribution < 1.29 is 14.1 Å². The number of carbonyl (C=O) groups is 1. The number of carbonyl (C=O) groups excluding carboxylic acids is 1. The summed E-state index contributed by atoms with van der Waals surface area (Å²) in [6.07, 6.45) is 0. The van der Waals surface area contributed by atoms with Crippen LogP contribution in [0.5, 0.6) is 0 Å². The van der Waals surface area contributed by atoms with E-state index in [1.165, 1.54) is 11.1 Å². The molecular formula is C20H26N2O3S. The third kappa shape index (κ3) is 4.23. The van der Waals surface area contributed by atoms with Gasteiger partial charge in [0, 0.05) is 18.2 Å². The van der Waals surface area contributed by atoms with Gasteiger partial charge in [-0.25, -0.2) is 0 Å². The van der Waals surface area contributed by atoms with E-state index in [-0.39, 0.29) is 11.2 Å². The fourth-order valence-corrected chi connectivity index (χ4v) is 3.71. The number of anilines is 1. The number of aryl methyl sites for hydroxylation is 2. The summed E-state index contributed by atoms with van der Waals surface area (Å²) in [6, 6.07) is 8.28. The summed E-state index contributed by atoms with van der Waals surface area (Å²) in [5.74, 6) is 1.41. The molecule has 3 rings (SSSR count). The zero-order valence-corrected chi connectivity index (χ0v) is 16.9. The number of esters is 1. The first-order chi connectivity index (χ1) is 12.2. The lowest BCUT2D eigenvalue weighted by molar-refractivity contribution is -0.152. The van der Waals surface area contributed by atoms with Gasteiger partial charge < -0.3 is 14.2 Å². The van der Waals surface area contributed by atoms with Gasteiger partial charge in [0.05, 0.1) is 16.5 Å². The van der Waals surface area contributed by atoms with Gasteiger partial charge in [0.2, 0.25) is 5.88 Å². The molecule has 0 saturated carbocycles. The summed E-state index contributed by atoms with van der Waals surface area (Å²) in [5.41, 5.74) is 3.95. The SMILES string of the molecule is Cc1ccc(-c2cc(N3CSC(COC(=O)C(C)(C)C)C3)on2)cc1C. The molecule has 26 heavy (non-hydrogen) atoms. The van der Waals surface area contributed by atoms with Crippen molar-refractivity contribution in [3.63, 3.8) is 0 Å². The Hall–Kier alpha value is -1.95. The number of hydrogen-bond acceptors (Lipinski definition) is 6. The maximum atomic E-state index is 11.9. The third-order valence-corrected chi connectivity index (χ3v) is 5.73. The number of ether oxygens (including phenoxy) is 1. The van der Waals surface area contributed by atoms with Crippen molar-refractivity contribution >= 4 is 23.6 Å². The second-order valence-corrected chi connectivity index (χ2v) is 9.10. The van der Waals surface area contributed by atoms with Crippen molar-refractivity contribution in [1.29, 1.82) is 0 Å². The van der Waals surface area contributed by atoms with Crippen molar-refractivity contribution in [2.24, 2.45) is 5.41 Å². The fourth-order valence-electron chi connectivity index (χ4n) is 2.64. The molecule has 1 unspecified atom stereocenters. The van der Waals surface area contributed by atoms with Crippen LogP contribution >= 0.6 is 11.8 Å². The Kier molecular flexibility index (Phi) is 5.32. The van der Waals surface area contributed by atoms with Gasteiger partial charge >= 0.3 is 5.97 Å². The number of hydrogen-bond donors (Lipinski definition) is 0. The number of rotatable bonds is 4. The zero-order valence-electron chi connectivity index (χ0n) is 16.0. The molecule has 0 aliphatic carbocycles. The zero-order chi connectivity index (χ0) is 18.9. The highest BCUT2D eigenvalue weighted by Crippen LogP contribution is 2.32. The van der Waals surface area contributed by atoms with Crippen LogP contribution in [0.3, 0.4) is 0 Å². The molecular weight excluding hydrogens is 348 g/mol. The molecule has 1 aromatic carbocycles. The maximum Gasteiger partial charge on any atom is 0.311 e. The molecule has 2 heterocycles.